The normalized spacial score (nSPS) is 21.2. The Kier molecular flexibility index (Phi) is 3.45. The summed E-state index contributed by atoms with van der Waals surface area (Å²) in [5, 5.41) is 11.0. The maximum absolute atomic E-state index is 10.3. The lowest BCUT2D eigenvalue weighted by Gasteiger charge is -2.31. The molecule has 1 aliphatic heterocycles. The number of hydrogen-bond donors (Lipinski definition) is 1. The van der Waals surface area contributed by atoms with E-state index in [9.17, 15) is 5.11 Å². The Labute approximate surface area is 124 Å². The predicted molar refractivity (Wildman–Crippen MR) is 80.3 cm³/mol. The smallest absolute Gasteiger partial charge is 0.127 e. The second-order valence-electron chi connectivity index (χ2n) is 5.40. The molecule has 20 heavy (non-hydrogen) atoms. The summed E-state index contributed by atoms with van der Waals surface area (Å²) in [5.41, 5.74) is 4.31. The molecule has 0 spiro atoms. The van der Waals surface area contributed by atoms with Crippen LogP contribution >= 0.6 is 11.6 Å². The third-order valence-electron chi connectivity index (χ3n) is 3.82. The molecule has 0 radical (unpaired) electrons. The van der Waals surface area contributed by atoms with E-state index in [1.165, 1.54) is 11.1 Å². The molecule has 0 fully saturated rings. The van der Waals surface area contributed by atoms with Crippen LogP contribution in [0.4, 0.5) is 0 Å². The molecule has 2 unspecified atom stereocenters. The SMILES string of the molecule is Cc1ccc(C)c(C2CC(O)c3cc(Cl)ccc3O2)c1. The molecule has 3 rings (SSSR count). The summed E-state index contributed by atoms with van der Waals surface area (Å²) < 4.78 is 6.06. The molecule has 0 aromatic heterocycles. The number of aliphatic hydroxyl groups excluding tert-OH is 1. The molecule has 0 bridgehead atoms. The number of aryl methyl sites for hydroxylation is 2. The number of fused-ring (bicyclic) bond motifs is 1. The van der Waals surface area contributed by atoms with Gasteiger partial charge in [0.1, 0.15) is 11.9 Å². The fourth-order valence-electron chi connectivity index (χ4n) is 2.72. The van der Waals surface area contributed by atoms with E-state index in [2.05, 4.69) is 32.0 Å². The van der Waals surface area contributed by atoms with Gasteiger partial charge in [0.2, 0.25) is 0 Å². The first-order valence-electron chi connectivity index (χ1n) is 6.76. The highest BCUT2D eigenvalue weighted by Gasteiger charge is 2.29. The van der Waals surface area contributed by atoms with Gasteiger partial charge in [0, 0.05) is 17.0 Å². The molecule has 2 nitrogen and oxygen atoms in total. The van der Waals surface area contributed by atoms with Gasteiger partial charge in [-0.3, -0.25) is 0 Å². The van der Waals surface area contributed by atoms with Gasteiger partial charge in [-0.15, -0.1) is 0 Å². The monoisotopic (exact) mass is 288 g/mol. The Morgan fingerprint density at radius 2 is 1.90 bits per heavy atom. The van der Waals surface area contributed by atoms with E-state index in [1.54, 1.807) is 12.1 Å². The van der Waals surface area contributed by atoms with E-state index in [0.717, 1.165) is 16.9 Å². The minimum absolute atomic E-state index is 0.112. The van der Waals surface area contributed by atoms with E-state index in [-0.39, 0.29) is 6.10 Å². The third kappa shape index (κ3) is 2.41. The van der Waals surface area contributed by atoms with Gasteiger partial charge in [-0.05, 0) is 43.2 Å². The lowest BCUT2D eigenvalue weighted by atomic mass is 9.92. The van der Waals surface area contributed by atoms with Crippen molar-refractivity contribution >= 4 is 11.6 Å². The summed E-state index contributed by atoms with van der Waals surface area (Å²) in [5.74, 6) is 0.721. The lowest BCUT2D eigenvalue weighted by molar-refractivity contribution is 0.0654. The zero-order valence-corrected chi connectivity index (χ0v) is 12.3. The molecule has 2 atom stereocenters. The molecule has 0 saturated carbocycles. The molecule has 2 aromatic carbocycles. The van der Waals surface area contributed by atoms with Gasteiger partial charge in [0.25, 0.3) is 0 Å². The molecule has 1 N–H and O–H groups in total. The average Bonchev–Trinajstić information content (AvgIpc) is 2.42. The van der Waals surface area contributed by atoms with Crippen LogP contribution in [0.1, 0.15) is 40.9 Å². The summed E-state index contributed by atoms with van der Waals surface area (Å²) in [4.78, 5) is 0. The minimum atomic E-state index is -0.539. The van der Waals surface area contributed by atoms with Crippen molar-refractivity contribution in [2.75, 3.05) is 0 Å². The number of halogens is 1. The summed E-state index contributed by atoms with van der Waals surface area (Å²) in [7, 11) is 0. The summed E-state index contributed by atoms with van der Waals surface area (Å²) in [6.07, 6.45) is -0.0987. The molecule has 0 aliphatic carbocycles. The molecule has 2 aromatic rings. The van der Waals surface area contributed by atoms with Crippen LogP contribution in [0, 0.1) is 13.8 Å². The number of ether oxygens (including phenoxy) is 1. The molecule has 0 saturated heterocycles. The van der Waals surface area contributed by atoms with Gasteiger partial charge >= 0.3 is 0 Å². The van der Waals surface area contributed by atoms with Gasteiger partial charge < -0.3 is 9.84 Å². The number of hydrogen-bond acceptors (Lipinski definition) is 2. The van der Waals surface area contributed by atoms with Gasteiger partial charge in [-0.25, -0.2) is 0 Å². The largest absolute Gasteiger partial charge is 0.485 e. The first-order valence-corrected chi connectivity index (χ1v) is 7.13. The Bertz CT molecular complexity index is 651. The van der Waals surface area contributed by atoms with Crippen molar-refractivity contribution in [3.05, 3.63) is 63.7 Å². The van der Waals surface area contributed by atoms with Crippen molar-refractivity contribution in [2.45, 2.75) is 32.5 Å². The Hall–Kier alpha value is -1.51. The van der Waals surface area contributed by atoms with E-state index < -0.39 is 6.10 Å². The first-order chi connectivity index (χ1) is 9.54. The molecular formula is C17H17ClO2. The Morgan fingerprint density at radius 3 is 2.70 bits per heavy atom. The fraction of sp³-hybridized carbons (Fsp3) is 0.294. The highest BCUT2D eigenvalue weighted by atomic mass is 35.5. The molecule has 3 heteroatoms. The van der Waals surface area contributed by atoms with Crippen molar-refractivity contribution in [1.29, 1.82) is 0 Å². The predicted octanol–water partition coefficient (Wildman–Crippen LogP) is 4.51. The maximum Gasteiger partial charge on any atom is 0.127 e. The van der Waals surface area contributed by atoms with Crippen molar-refractivity contribution < 1.29 is 9.84 Å². The van der Waals surface area contributed by atoms with Crippen molar-refractivity contribution in [3.63, 3.8) is 0 Å². The Balaban J connectivity index is 1.99. The molecule has 104 valence electrons. The second-order valence-corrected chi connectivity index (χ2v) is 5.84. The van der Waals surface area contributed by atoms with Crippen LogP contribution in [0.3, 0.4) is 0 Å². The van der Waals surface area contributed by atoms with Crippen molar-refractivity contribution in [2.24, 2.45) is 0 Å². The number of benzene rings is 2. The van der Waals surface area contributed by atoms with E-state index in [1.807, 2.05) is 6.07 Å². The van der Waals surface area contributed by atoms with Gasteiger partial charge in [0.05, 0.1) is 6.10 Å². The summed E-state index contributed by atoms with van der Waals surface area (Å²) in [6, 6.07) is 11.7. The van der Waals surface area contributed by atoms with Crippen LogP contribution in [-0.2, 0) is 0 Å². The van der Waals surface area contributed by atoms with E-state index in [0.29, 0.717) is 11.4 Å². The Morgan fingerprint density at radius 1 is 1.10 bits per heavy atom. The number of aliphatic hydroxyl groups is 1. The van der Waals surface area contributed by atoms with Crippen LogP contribution < -0.4 is 4.74 Å². The molecule has 1 aliphatic rings. The van der Waals surface area contributed by atoms with Crippen LogP contribution in [0.5, 0.6) is 5.75 Å². The fourth-order valence-corrected chi connectivity index (χ4v) is 2.90. The zero-order valence-electron chi connectivity index (χ0n) is 11.6. The average molecular weight is 289 g/mol. The summed E-state index contributed by atoms with van der Waals surface area (Å²) >= 11 is 5.97. The topological polar surface area (TPSA) is 29.5 Å². The van der Waals surface area contributed by atoms with Crippen molar-refractivity contribution in [3.8, 4) is 5.75 Å². The quantitative estimate of drug-likeness (QED) is 0.836. The van der Waals surface area contributed by atoms with Crippen LogP contribution in [-0.4, -0.2) is 5.11 Å². The van der Waals surface area contributed by atoms with Crippen LogP contribution in [0.2, 0.25) is 5.02 Å². The summed E-state index contributed by atoms with van der Waals surface area (Å²) in [6.45, 7) is 4.14. The first kappa shape index (κ1) is 13.5. The molecule has 1 heterocycles. The zero-order chi connectivity index (χ0) is 14.3. The van der Waals surface area contributed by atoms with Gasteiger partial charge in [-0.2, -0.15) is 0 Å². The minimum Gasteiger partial charge on any atom is -0.485 e. The van der Waals surface area contributed by atoms with Gasteiger partial charge in [0.15, 0.2) is 0 Å². The van der Waals surface area contributed by atoms with Gasteiger partial charge in [-0.1, -0.05) is 35.4 Å². The number of rotatable bonds is 1. The van der Waals surface area contributed by atoms with E-state index in [4.69, 9.17) is 16.3 Å². The standard InChI is InChI=1S/C17H17ClO2/c1-10-3-4-11(2)13(7-10)17-9-15(19)14-8-12(18)5-6-16(14)20-17/h3-8,15,17,19H,9H2,1-2H3. The third-order valence-corrected chi connectivity index (χ3v) is 4.05. The lowest BCUT2D eigenvalue weighted by Crippen LogP contribution is -2.19. The molecular weight excluding hydrogens is 272 g/mol. The van der Waals surface area contributed by atoms with Crippen LogP contribution in [0.25, 0.3) is 0 Å². The maximum atomic E-state index is 10.3. The highest BCUT2D eigenvalue weighted by Crippen LogP contribution is 2.42. The van der Waals surface area contributed by atoms with Crippen LogP contribution in [0.15, 0.2) is 36.4 Å². The van der Waals surface area contributed by atoms with Crippen molar-refractivity contribution in [1.82, 2.24) is 0 Å². The van der Waals surface area contributed by atoms with E-state index >= 15 is 0 Å². The molecule has 0 amide bonds. The second kappa shape index (κ2) is 5.12. The highest BCUT2D eigenvalue weighted by molar-refractivity contribution is 6.30.